The Morgan fingerprint density at radius 3 is 2.95 bits per heavy atom. The van der Waals surface area contributed by atoms with Crippen LogP contribution >= 0.6 is 0 Å². The number of amides is 1. The maximum Gasteiger partial charge on any atom is 0.276 e. The summed E-state index contributed by atoms with van der Waals surface area (Å²) in [5, 5.41) is 8.46. The molecular weight excluding hydrogens is 280 g/mol. The average molecular weight is 294 g/mol. The molecule has 3 heterocycles. The number of carbonyl (C=O) groups is 1. The number of carbonyl (C=O) groups excluding carboxylic acids is 1. The Balaban J connectivity index is 1.56. The molecule has 2 aromatic heterocycles. The molecule has 1 aliphatic heterocycles. The summed E-state index contributed by atoms with van der Waals surface area (Å²) in [4.78, 5) is 23.1. The van der Waals surface area contributed by atoms with E-state index in [1.165, 1.54) is 11.0 Å². The number of aromatic nitrogens is 5. The van der Waals surface area contributed by atoms with Gasteiger partial charge in [-0.2, -0.15) is 9.90 Å². The van der Waals surface area contributed by atoms with Gasteiger partial charge < -0.3 is 9.88 Å². The van der Waals surface area contributed by atoms with Crippen LogP contribution in [0.4, 0.5) is 0 Å². The summed E-state index contributed by atoms with van der Waals surface area (Å²) in [6, 6.07) is 9.53. The molecule has 1 aliphatic rings. The summed E-state index contributed by atoms with van der Waals surface area (Å²) in [6.45, 7) is 1.18. The van der Waals surface area contributed by atoms with Gasteiger partial charge in [0.15, 0.2) is 5.69 Å². The van der Waals surface area contributed by atoms with E-state index in [2.05, 4.69) is 20.2 Å². The predicted octanol–water partition coefficient (Wildman–Crippen LogP) is 1.19. The van der Waals surface area contributed by atoms with E-state index in [0.717, 1.165) is 23.5 Å². The van der Waals surface area contributed by atoms with E-state index in [1.54, 1.807) is 11.2 Å². The third kappa shape index (κ3) is 2.16. The molecule has 7 nitrogen and oxygen atoms in total. The normalized spacial score (nSPS) is 13.9. The molecule has 1 aromatic carbocycles. The lowest BCUT2D eigenvalue weighted by molar-refractivity contribution is 0.0725. The van der Waals surface area contributed by atoms with Gasteiger partial charge in [0.1, 0.15) is 0 Å². The van der Waals surface area contributed by atoms with Crippen LogP contribution in [0.5, 0.6) is 0 Å². The van der Waals surface area contributed by atoms with Crippen LogP contribution in [-0.4, -0.2) is 42.3 Å². The zero-order valence-electron chi connectivity index (χ0n) is 11.8. The van der Waals surface area contributed by atoms with Crippen molar-refractivity contribution >= 4 is 5.91 Å². The minimum atomic E-state index is -0.109. The Bertz CT molecular complexity index is 806. The van der Waals surface area contributed by atoms with Crippen molar-refractivity contribution in [1.29, 1.82) is 0 Å². The van der Waals surface area contributed by atoms with Gasteiger partial charge in [-0.3, -0.25) is 4.79 Å². The van der Waals surface area contributed by atoms with Crippen LogP contribution in [0.3, 0.4) is 0 Å². The second kappa shape index (κ2) is 5.10. The van der Waals surface area contributed by atoms with Gasteiger partial charge in [-0.1, -0.05) is 18.2 Å². The summed E-state index contributed by atoms with van der Waals surface area (Å²) in [7, 11) is 0. The van der Waals surface area contributed by atoms with Gasteiger partial charge in [0.05, 0.1) is 36.1 Å². The van der Waals surface area contributed by atoms with Crippen LogP contribution in [0, 0.1) is 0 Å². The zero-order valence-corrected chi connectivity index (χ0v) is 11.8. The second-order valence-electron chi connectivity index (χ2n) is 5.16. The molecule has 22 heavy (non-hydrogen) atoms. The number of nitrogens with zero attached hydrogens (tertiary/aromatic N) is 5. The van der Waals surface area contributed by atoms with E-state index in [-0.39, 0.29) is 5.91 Å². The molecule has 0 fully saturated rings. The highest BCUT2D eigenvalue weighted by atomic mass is 16.2. The van der Waals surface area contributed by atoms with Crippen molar-refractivity contribution < 1.29 is 4.79 Å². The Kier molecular flexibility index (Phi) is 2.96. The molecule has 0 unspecified atom stereocenters. The summed E-state index contributed by atoms with van der Waals surface area (Å²) < 4.78 is 0. The molecule has 0 aliphatic carbocycles. The SMILES string of the molecule is O=C(c1cnn(-c2ccccc2)n1)N1CCc2nc[nH]c2C1. The zero-order chi connectivity index (χ0) is 14.9. The quantitative estimate of drug-likeness (QED) is 0.770. The maximum atomic E-state index is 12.6. The molecule has 0 saturated heterocycles. The van der Waals surface area contributed by atoms with E-state index in [1.807, 2.05) is 30.3 Å². The number of hydrogen-bond donors (Lipinski definition) is 1. The third-order valence-electron chi connectivity index (χ3n) is 3.76. The van der Waals surface area contributed by atoms with Gasteiger partial charge in [0.25, 0.3) is 5.91 Å². The van der Waals surface area contributed by atoms with Gasteiger partial charge in [0.2, 0.25) is 0 Å². The first-order valence-corrected chi connectivity index (χ1v) is 7.09. The number of fused-ring (bicyclic) bond motifs is 1. The van der Waals surface area contributed by atoms with Crippen molar-refractivity contribution in [2.24, 2.45) is 0 Å². The van der Waals surface area contributed by atoms with E-state index >= 15 is 0 Å². The Labute approximate surface area is 126 Å². The van der Waals surface area contributed by atoms with E-state index in [9.17, 15) is 4.79 Å². The molecule has 0 radical (unpaired) electrons. The van der Waals surface area contributed by atoms with Gasteiger partial charge in [-0.15, -0.1) is 5.10 Å². The first kappa shape index (κ1) is 12.8. The van der Waals surface area contributed by atoms with E-state index < -0.39 is 0 Å². The molecule has 110 valence electrons. The number of para-hydroxylation sites is 1. The molecule has 0 spiro atoms. The molecule has 1 N–H and O–H groups in total. The van der Waals surface area contributed by atoms with Gasteiger partial charge in [0, 0.05) is 13.0 Å². The number of aromatic amines is 1. The molecule has 7 heteroatoms. The van der Waals surface area contributed by atoms with E-state index in [0.29, 0.717) is 18.8 Å². The molecule has 1 amide bonds. The van der Waals surface area contributed by atoms with E-state index in [4.69, 9.17) is 0 Å². The topological polar surface area (TPSA) is 79.7 Å². The summed E-state index contributed by atoms with van der Waals surface area (Å²) in [5.41, 5.74) is 3.22. The van der Waals surface area contributed by atoms with Gasteiger partial charge in [-0.25, -0.2) is 4.98 Å². The molecular formula is C15H14N6O. The summed E-state index contributed by atoms with van der Waals surface area (Å²) in [6.07, 6.45) is 3.94. The lowest BCUT2D eigenvalue weighted by Gasteiger charge is -2.25. The Morgan fingerprint density at radius 1 is 1.23 bits per heavy atom. The Morgan fingerprint density at radius 2 is 2.09 bits per heavy atom. The largest absolute Gasteiger partial charge is 0.347 e. The van der Waals surface area contributed by atoms with Crippen molar-refractivity contribution in [1.82, 2.24) is 29.9 Å². The lowest BCUT2D eigenvalue weighted by atomic mass is 10.1. The van der Waals surface area contributed by atoms with Crippen LogP contribution in [-0.2, 0) is 13.0 Å². The van der Waals surface area contributed by atoms with Crippen LogP contribution in [0.25, 0.3) is 5.69 Å². The number of benzene rings is 1. The van der Waals surface area contributed by atoms with Crippen LogP contribution < -0.4 is 0 Å². The third-order valence-corrected chi connectivity index (χ3v) is 3.76. The van der Waals surface area contributed by atoms with Crippen molar-refractivity contribution in [3.05, 3.63) is 59.9 Å². The fourth-order valence-corrected chi connectivity index (χ4v) is 2.59. The van der Waals surface area contributed by atoms with Crippen LogP contribution in [0.15, 0.2) is 42.9 Å². The van der Waals surface area contributed by atoms with Crippen molar-refractivity contribution in [3.63, 3.8) is 0 Å². The molecule has 3 aromatic rings. The molecule has 0 atom stereocenters. The second-order valence-corrected chi connectivity index (χ2v) is 5.16. The number of nitrogens with one attached hydrogen (secondary N) is 1. The van der Waals surface area contributed by atoms with Crippen LogP contribution in [0.2, 0.25) is 0 Å². The molecule has 0 bridgehead atoms. The monoisotopic (exact) mass is 294 g/mol. The van der Waals surface area contributed by atoms with Gasteiger partial charge in [-0.05, 0) is 12.1 Å². The number of H-pyrrole nitrogens is 1. The van der Waals surface area contributed by atoms with Gasteiger partial charge >= 0.3 is 0 Å². The lowest BCUT2D eigenvalue weighted by Crippen LogP contribution is -2.36. The predicted molar refractivity (Wildman–Crippen MR) is 78.4 cm³/mol. The fourth-order valence-electron chi connectivity index (χ4n) is 2.59. The first-order chi connectivity index (χ1) is 10.8. The highest BCUT2D eigenvalue weighted by Gasteiger charge is 2.25. The first-order valence-electron chi connectivity index (χ1n) is 7.09. The van der Waals surface area contributed by atoms with Crippen molar-refractivity contribution in [2.45, 2.75) is 13.0 Å². The van der Waals surface area contributed by atoms with Crippen molar-refractivity contribution in [2.75, 3.05) is 6.54 Å². The van der Waals surface area contributed by atoms with Crippen LogP contribution in [0.1, 0.15) is 21.9 Å². The highest BCUT2D eigenvalue weighted by Crippen LogP contribution is 2.16. The average Bonchev–Trinajstić information content (AvgIpc) is 3.23. The fraction of sp³-hybridized carbons (Fsp3) is 0.200. The summed E-state index contributed by atoms with van der Waals surface area (Å²) >= 11 is 0. The molecule has 0 saturated carbocycles. The molecule has 4 rings (SSSR count). The van der Waals surface area contributed by atoms with Crippen molar-refractivity contribution in [3.8, 4) is 5.69 Å². The highest BCUT2D eigenvalue weighted by molar-refractivity contribution is 5.92. The summed E-state index contributed by atoms with van der Waals surface area (Å²) in [5.74, 6) is -0.109. The number of imidazole rings is 1. The Hall–Kier alpha value is -2.96. The minimum Gasteiger partial charge on any atom is -0.347 e. The minimum absolute atomic E-state index is 0.109. The number of hydrogen-bond acceptors (Lipinski definition) is 4. The smallest absolute Gasteiger partial charge is 0.276 e. The maximum absolute atomic E-state index is 12.6. The standard InChI is InChI=1S/C15H14N6O/c22-15(20-7-6-12-14(9-20)17-10-16-12)13-8-18-21(19-13)11-4-2-1-3-5-11/h1-5,8,10H,6-7,9H2,(H,16,17). The number of rotatable bonds is 2.